The molecule has 2 aromatic heterocycles. The Bertz CT molecular complexity index is 1380. The third-order valence-electron chi connectivity index (χ3n) is 4.98. The first kappa shape index (κ1) is 20.6. The first-order chi connectivity index (χ1) is 14.8. The second-order valence-corrected chi connectivity index (χ2v) is 8.18. The van der Waals surface area contributed by atoms with Crippen LogP contribution >= 0.6 is 11.3 Å². The lowest BCUT2D eigenvalue weighted by Crippen LogP contribution is -2.22. The molecule has 0 aliphatic rings. The number of pyridine rings is 1. The van der Waals surface area contributed by atoms with E-state index in [0.29, 0.717) is 15.9 Å². The van der Waals surface area contributed by atoms with Crippen LogP contribution in [0.2, 0.25) is 0 Å². The lowest BCUT2D eigenvalue weighted by molar-refractivity contribution is -0.114. The number of thiophene rings is 1. The van der Waals surface area contributed by atoms with Gasteiger partial charge in [-0.25, -0.2) is 0 Å². The van der Waals surface area contributed by atoms with Crippen molar-refractivity contribution >= 4 is 38.9 Å². The molecule has 0 saturated carbocycles. The van der Waals surface area contributed by atoms with E-state index in [1.165, 1.54) is 29.8 Å². The molecule has 7 heteroatoms. The molecular formula is C24H20N2O4S. The Labute approximate surface area is 182 Å². The predicted octanol–water partition coefficient (Wildman–Crippen LogP) is 4.64. The molecule has 0 saturated heterocycles. The van der Waals surface area contributed by atoms with E-state index in [1.807, 2.05) is 48.5 Å². The summed E-state index contributed by atoms with van der Waals surface area (Å²) >= 11 is 1.32. The molecule has 2 N–H and O–H groups in total. The molecule has 0 bridgehead atoms. The summed E-state index contributed by atoms with van der Waals surface area (Å²) in [6.45, 7) is 3.05. The van der Waals surface area contributed by atoms with E-state index in [2.05, 4.69) is 5.32 Å². The summed E-state index contributed by atoms with van der Waals surface area (Å²) in [4.78, 5) is 36.2. The van der Waals surface area contributed by atoms with Crippen LogP contribution < -0.4 is 10.9 Å². The summed E-state index contributed by atoms with van der Waals surface area (Å²) in [6, 6.07) is 17.0. The van der Waals surface area contributed by atoms with E-state index < -0.39 is 11.3 Å². The minimum atomic E-state index is -0.589. The monoisotopic (exact) mass is 432 g/mol. The van der Waals surface area contributed by atoms with Crippen molar-refractivity contribution in [2.24, 2.45) is 0 Å². The number of carbonyl (C=O) groups excluding carboxylic acids is 2. The van der Waals surface area contributed by atoms with Crippen molar-refractivity contribution in [3.63, 3.8) is 0 Å². The lowest BCUT2D eigenvalue weighted by Gasteiger charge is -2.13. The zero-order chi connectivity index (χ0) is 22.1. The van der Waals surface area contributed by atoms with Gasteiger partial charge in [0.1, 0.15) is 0 Å². The van der Waals surface area contributed by atoms with Crippen molar-refractivity contribution in [2.45, 2.75) is 20.4 Å². The second kappa shape index (κ2) is 8.20. The van der Waals surface area contributed by atoms with Gasteiger partial charge in [0.15, 0.2) is 11.5 Å². The number of hydrogen-bond donors (Lipinski definition) is 2. The minimum absolute atomic E-state index is 0.0785. The molecule has 31 heavy (non-hydrogen) atoms. The molecule has 4 aromatic rings. The van der Waals surface area contributed by atoms with Gasteiger partial charge in [0.25, 0.3) is 5.56 Å². The minimum Gasteiger partial charge on any atom is -0.502 e. The molecule has 0 aliphatic carbocycles. The summed E-state index contributed by atoms with van der Waals surface area (Å²) in [7, 11) is 0. The van der Waals surface area contributed by atoms with Crippen LogP contribution in [0.15, 0.2) is 64.8 Å². The number of aromatic hydroxyl groups is 1. The number of nitrogens with zero attached hydrogens (tertiary/aromatic N) is 1. The van der Waals surface area contributed by atoms with Gasteiger partial charge in [0.2, 0.25) is 5.91 Å². The molecule has 4 rings (SSSR count). The molecule has 2 heterocycles. The van der Waals surface area contributed by atoms with Gasteiger partial charge in [-0.1, -0.05) is 30.3 Å². The fourth-order valence-corrected chi connectivity index (χ4v) is 4.64. The Hall–Kier alpha value is -3.71. The highest BCUT2D eigenvalue weighted by Gasteiger charge is 2.20. The van der Waals surface area contributed by atoms with Crippen molar-refractivity contribution in [2.75, 3.05) is 5.32 Å². The number of amides is 1. The average Bonchev–Trinajstić information content (AvgIpc) is 3.20. The number of anilines is 1. The third-order valence-corrected chi connectivity index (χ3v) is 5.90. The predicted molar refractivity (Wildman–Crippen MR) is 123 cm³/mol. The standard InChI is InChI=1S/C24H20N2O4S/c1-14(27)21-22(29)24(30)26(20-9-10-31-23(20)21)13-16-5-3-6-17(11-16)18-7-4-8-19(12-18)25-15(2)28/h3-12,29H,13H2,1-2H3,(H,25,28). The third kappa shape index (κ3) is 4.00. The van der Waals surface area contributed by atoms with Crippen molar-refractivity contribution in [1.29, 1.82) is 0 Å². The van der Waals surface area contributed by atoms with E-state index >= 15 is 0 Å². The van der Waals surface area contributed by atoms with Crippen molar-refractivity contribution in [1.82, 2.24) is 4.57 Å². The number of aromatic nitrogens is 1. The first-order valence-corrected chi connectivity index (χ1v) is 10.5. The zero-order valence-electron chi connectivity index (χ0n) is 17.0. The van der Waals surface area contributed by atoms with Crippen molar-refractivity contribution < 1.29 is 14.7 Å². The van der Waals surface area contributed by atoms with E-state index in [1.54, 1.807) is 11.4 Å². The van der Waals surface area contributed by atoms with Gasteiger partial charge in [-0.3, -0.25) is 19.0 Å². The Kier molecular flexibility index (Phi) is 5.44. The quantitative estimate of drug-likeness (QED) is 0.450. The SMILES string of the molecule is CC(=O)Nc1cccc(-c2cccc(Cn3c(=O)c(O)c(C(C)=O)c4sccc43)c2)c1. The Morgan fingerprint density at radius 3 is 2.45 bits per heavy atom. The molecule has 0 spiro atoms. The molecule has 0 radical (unpaired) electrons. The smallest absolute Gasteiger partial charge is 0.294 e. The van der Waals surface area contributed by atoms with Crippen LogP contribution in [0, 0.1) is 0 Å². The number of benzene rings is 2. The molecule has 6 nitrogen and oxygen atoms in total. The maximum Gasteiger partial charge on any atom is 0.294 e. The number of ketones is 1. The van der Waals surface area contributed by atoms with Crippen LogP contribution in [-0.2, 0) is 11.3 Å². The van der Waals surface area contributed by atoms with Crippen molar-refractivity contribution in [3.05, 3.63) is 81.5 Å². The van der Waals surface area contributed by atoms with E-state index in [0.717, 1.165) is 16.7 Å². The second-order valence-electron chi connectivity index (χ2n) is 7.27. The van der Waals surface area contributed by atoms with Crippen LogP contribution in [0.5, 0.6) is 5.75 Å². The summed E-state index contributed by atoms with van der Waals surface area (Å²) in [5, 5.41) is 15.0. The highest BCUT2D eigenvalue weighted by molar-refractivity contribution is 7.17. The average molecular weight is 433 g/mol. The normalized spacial score (nSPS) is 10.9. The number of fused-ring (bicyclic) bond motifs is 1. The largest absolute Gasteiger partial charge is 0.502 e. The van der Waals surface area contributed by atoms with E-state index in [4.69, 9.17) is 0 Å². The topological polar surface area (TPSA) is 88.4 Å². The fraction of sp³-hybridized carbons (Fsp3) is 0.125. The number of hydrogen-bond acceptors (Lipinski definition) is 5. The van der Waals surface area contributed by atoms with Crippen molar-refractivity contribution in [3.8, 4) is 16.9 Å². The van der Waals surface area contributed by atoms with E-state index in [-0.39, 0.29) is 23.8 Å². The van der Waals surface area contributed by atoms with Gasteiger partial charge in [-0.2, -0.15) is 0 Å². The van der Waals surface area contributed by atoms with Gasteiger partial charge >= 0.3 is 0 Å². The van der Waals surface area contributed by atoms with Gasteiger partial charge < -0.3 is 10.4 Å². The Balaban J connectivity index is 1.75. The molecule has 2 aromatic carbocycles. The van der Waals surface area contributed by atoms with Crippen LogP contribution in [0.25, 0.3) is 21.3 Å². The summed E-state index contributed by atoms with van der Waals surface area (Å²) in [5.74, 6) is -0.990. The van der Waals surface area contributed by atoms with Crippen LogP contribution in [-0.4, -0.2) is 21.4 Å². The van der Waals surface area contributed by atoms with Crippen LogP contribution in [0.1, 0.15) is 29.8 Å². The van der Waals surface area contributed by atoms with Gasteiger partial charge in [0, 0.05) is 12.6 Å². The van der Waals surface area contributed by atoms with Gasteiger partial charge in [0.05, 0.1) is 22.3 Å². The molecule has 1 amide bonds. The van der Waals surface area contributed by atoms with Crippen LogP contribution in [0.3, 0.4) is 0 Å². The van der Waals surface area contributed by atoms with Crippen LogP contribution in [0.4, 0.5) is 5.69 Å². The molecule has 156 valence electrons. The Morgan fingerprint density at radius 2 is 1.74 bits per heavy atom. The highest BCUT2D eigenvalue weighted by Crippen LogP contribution is 2.30. The Morgan fingerprint density at radius 1 is 1.03 bits per heavy atom. The summed E-state index contributed by atoms with van der Waals surface area (Å²) < 4.78 is 2.09. The number of nitrogens with one attached hydrogen (secondary N) is 1. The molecular weight excluding hydrogens is 412 g/mol. The first-order valence-electron chi connectivity index (χ1n) is 9.66. The molecule has 0 aliphatic heterocycles. The molecule has 0 atom stereocenters. The molecule has 0 fully saturated rings. The summed E-state index contributed by atoms with van der Waals surface area (Å²) in [6.07, 6.45) is 0. The van der Waals surface area contributed by atoms with E-state index in [9.17, 15) is 19.5 Å². The van der Waals surface area contributed by atoms with Gasteiger partial charge in [-0.15, -0.1) is 11.3 Å². The maximum atomic E-state index is 12.8. The number of Topliss-reactive ketones (excluding diaryl/α,β-unsaturated/α-hetero) is 1. The zero-order valence-corrected chi connectivity index (χ0v) is 17.8. The highest BCUT2D eigenvalue weighted by atomic mass is 32.1. The lowest BCUT2D eigenvalue weighted by atomic mass is 10.0. The van der Waals surface area contributed by atoms with Gasteiger partial charge in [-0.05, 0) is 53.3 Å². The number of rotatable bonds is 5. The number of carbonyl (C=O) groups is 2. The molecule has 0 unspecified atom stereocenters. The fourth-order valence-electron chi connectivity index (χ4n) is 3.65. The summed E-state index contributed by atoms with van der Waals surface area (Å²) in [5.41, 5.74) is 3.54. The maximum absolute atomic E-state index is 12.8.